The van der Waals surface area contributed by atoms with Gasteiger partial charge in [-0.15, -0.1) is 0 Å². The van der Waals surface area contributed by atoms with Crippen molar-refractivity contribution >= 4 is 35.2 Å². The molecule has 2 amide bonds. The predicted molar refractivity (Wildman–Crippen MR) is 116 cm³/mol. The SMILES string of the molecule is N=C(NC(=O)C(NC(=O)c1cccc(Cl)c1)c1ccc(C(=O)O)cc1)c1ccccc1. The van der Waals surface area contributed by atoms with E-state index < -0.39 is 23.8 Å². The molecule has 156 valence electrons. The van der Waals surface area contributed by atoms with E-state index in [-0.39, 0.29) is 17.0 Å². The summed E-state index contributed by atoms with van der Waals surface area (Å²) in [5.74, 6) is -2.43. The normalized spacial score (nSPS) is 11.3. The van der Waals surface area contributed by atoms with Gasteiger partial charge in [-0.2, -0.15) is 0 Å². The Morgan fingerprint density at radius 1 is 0.839 bits per heavy atom. The molecule has 1 atom stereocenters. The number of carboxylic acid groups (broad SMARTS) is 1. The Bertz CT molecular complexity index is 1130. The summed E-state index contributed by atoms with van der Waals surface area (Å²) >= 11 is 5.95. The van der Waals surface area contributed by atoms with Crippen LogP contribution in [0.15, 0.2) is 78.9 Å². The van der Waals surface area contributed by atoms with Gasteiger partial charge in [0.15, 0.2) is 0 Å². The van der Waals surface area contributed by atoms with E-state index in [2.05, 4.69) is 10.6 Å². The zero-order valence-electron chi connectivity index (χ0n) is 16.1. The van der Waals surface area contributed by atoms with Gasteiger partial charge in [0.25, 0.3) is 11.8 Å². The summed E-state index contributed by atoms with van der Waals surface area (Å²) < 4.78 is 0. The summed E-state index contributed by atoms with van der Waals surface area (Å²) in [5.41, 5.74) is 1.16. The molecule has 31 heavy (non-hydrogen) atoms. The standard InChI is InChI=1S/C23H18ClN3O4/c24-18-8-4-7-17(13-18)21(28)26-19(14-9-11-16(12-10-14)23(30)31)22(29)27-20(25)15-5-2-1-3-6-15/h1-13,19H,(H,26,28)(H,30,31)(H2,25,27,29). The molecule has 8 heteroatoms. The molecule has 0 heterocycles. The quantitative estimate of drug-likeness (QED) is 0.349. The van der Waals surface area contributed by atoms with E-state index >= 15 is 0 Å². The maximum atomic E-state index is 13.0. The molecule has 0 saturated heterocycles. The number of hydrogen-bond acceptors (Lipinski definition) is 4. The van der Waals surface area contributed by atoms with E-state index in [9.17, 15) is 14.4 Å². The van der Waals surface area contributed by atoms with Crippen LogP contribution in [0, 0.1) is 5.41 Å². The van der Waals surface area contributed by atoms with E-state index in [1.54, 1.807) is 48.5 Å². The van der Waals surface area contributed by atoms with Crippen molar-refractivity contribution in [2.45, 2.75) is 6.04 Å². The van der Waals surface area contributed by atoms with Crippen LogP contribution >= 0.6 is 11.6 Å². The van der Waals surface area contributed by atoms with Crippen LogP contribution in [-0.4, -0.2) is 28.7 Å². The van der Waals surface area contributed by atoms with E-state index in [1.807, 2.05) is 0 Å². The second-order valence-corrected chi connectivity index (χ2v) is 7.01. The Labute approximate surface area is 183 Å². The van der Waals surface area contributed by atoms with Gasteiger partial charge in [0.1, 0.15) is 11.9 Å². The molecule has 0 aliphatic carbocycles. The Balaban J connectivity index is 1.87. The second-order valence-electron chi connectivity index (χ2n) is 6.57. The topological polar surface area (TPSA) is 119 Å². The fourth-order valence-electron chi connectivity index (χ4n) is 2.83. The zero-order chi connectivity index (χ0) is 22.4. The van der Waals surface area contributed by atoms with Crippen molar-refractivity contribution in [3.63, 3.8) is 0 Å². The van der Waals surface area contributed by atoms with Crippen LogP contribution < -0.4 is 10.6 Å². The molecule has 4 N–H and O–H groups in total. The van der Waals surface area contributed by atoms with Gasteiger partial charge in [0.2, 0.25) is 0 Å². The Morgan fingerprint density at radius 2 is 1.48 bits per heavy atom. The summed E-state index contributed by atoms with van der Waals surface area (Å²) in [6.45, 7) is 0. The van der Waals surface area contributed by atoms with Crippen LogP contribution in [0.1, 0.15) is 37.9 Å². The highest BCUT2D eigenvalue weighted by Crippen LogP contribution is 2.17. The number of carbonyl (C=O) groups excluding carboxylic acids is 2. The lowest BCUT2D eigenvalue weighted by Gasteiger charge is -2.19. The van der Waals surface area contributed by atoms with Gasteiger partial charge in [-0.3, -0.25) is 15.0 Å². The van der Waals surface area contributed by atoms with Crippen molar-refractivity contribution in [3.05, 3.63) is 106 Å². The van der Waals surface area contributed by atoms with Crippen LogP contribution in [-0.2, 0) is 4.79 Å². The summed E-state index contributed by atoms with van der Waals surface area (Å²) in [6.07, 6.45) is 0. The largest absolute Gasteiger partial charge is 0.478 e. The molecular weight excluding hydrogens is 418 g/mol. The first-order chi connectivity index (χ1) is 14.8. The molecule has 0 aliphatic rings. The molecule has 0 aliphatic heterocycles. The minimum absolute atomic E-state index is 0.0427. The van der Waals surface area contributed by atoms with E-state index in [1.165, 1.54) is 30.3 Å². The zero-order valence-corrected chi connectivity index (χ0v) is 16.9. The van der Waals surface area contributed by atoms with Crippen LogP contribution in [0.2, 0.25) is 5.02 Å². The summed E-state index contributed by atoms with van der Waals surface area (Å²) in [7, 11) is 0. The Kier molecular flexibility index (Phi) is 6.79. The van der Waals surface area contributed by atoms with Gasteiger partial charge in [-0.1, -0.05) is 60.1 Å². The Hall–Kier alpha value is -3.97. The molecule has 0 saturated carbocycles. The number of carbonyl (C=O) groups is 3. The summed E-state index contributed by atoms with van der Waals surface area (Å²) in [4.78, 5) is 36.8. The van der Waals surface area contributed by atoms with Crippen LogP contribution in [0.4, 0.5) is 0 Å². The maximum Gasteiger partial charge on any atom is 0.335 e. The number of nitrogens with one attached hydrogen (secondary N) is 3. The maximum absolute atomic E-state index is 13.0. The van der Waals surface area contributed by atoms with Crippen LogP contribution in [0.3, 0.4) is 0 Å². The van der Waals surface area contributed by atoms with Gasteiger partial charge in [-0.25, -0.2) is 4.79 Å². The fourth-order valence-corrected chi connectivity index (χ4v) is 3.03. The fraction of sp³-hybridized carbons (Fsp3) is 0.0435. The van der Waals surface area contributed by atoms with Crippen molar-refractivity contribution in [2.75, 3.05) is 0 Å². The Morgan fingerprint density at radius 3 is 2.10 bits per heavy atom. The predicted octanol–water partition coefficient (Wildman–Crippen LogP) is 3.65. The van der Waals surface area contributed by atoms with E-state index in [0.29, 0.717) is 16.1 Å². The van der Waals surface area contributed by atoms with E-state index in [0.717, 1.165) is 0 Å². The minimum Gasteiger partial charge on any atom is -0.478 e. The second kappa shape index (κ2) is 9.69. The minimum atomic E-state index is -1.17. The molecule has 0 radical (unpaired) electrons. The number of aromatic carboxylic acids is 1. The highest BCUT2D eigenvalue weighted by atomic mass is 35.5. The lowest BCUT2D eigenvalue weighted by atomic mass is 10.0. The van der Waals surface area contributed by atoms with Crippen LogP contribution in [0.5, 0.6) is 0 Å². The van der Waals surface area contributed by atoms with Gasteiger partial charge in [0.05, 0.1) is 5.56 Å². The highest BCUT2D eigenvalue weighted by Gasteiger charge is 2.25. The molecule has 0 spiro atoms. The molecule has 7 nitrogen and oxygen atoms in total. The van der Waals surface area contributed by atoms with Gasteiger partial charge in [0, 0.05) is 16.1 Å². The summed E-state index contributed by atoms with van der Waals surface area (Å²) in [6, 6.07) is 19.2. The summed E-state index contributed by atoms with van der Waals surface area (Å²) in [5, 5.41) is 22.7. The molecule has 1 unspecified atom stereocenters. The number of amides is 2. The average Bonchev–Trinajstić information content (AvgIpc) is 2.77. The first kappa shape index (κ1) is 21.7. The number of halogens is 1. The van der Waals surface area contributed by atoms with Crippen LogP contribution in [0.25, 0.3) is 0 Å². The molecule has 3 aromatic carbocycles. The third kappa shape index (κ3) is 5.55. The van der Waals surface area contributed by atoms with Crippen molar-refractivity contribution in [1.82, 2.24) is 10.6 Å². The lowest BCUT2D eigenvalue weighted by molar-refractivity contribution is -0.121. The smallest absolute Gasteiger partial charge is 0.335 e. The number of amidine groups is 1. The van der Waals surface area contributed by atoms with Crippen molar-refractivity contribution in [1.29, 1.82) is 5.41 Å². The number of rotatable bonds is 6. The van der Waals surface area contributed by atoms with E-state index in [4.69, 9.17) is 22.1 Å². The van der Waals surface area contributed by atoms with Crippen molar-refractivity contribution in [2.24, 2.45) is 0 Å². The molecular formula is C23H18ClN3O4. The van der Waals surface area contributed by atoms with Gasteiger partial charge >= 0.3 is 5.97 Å². The number of carboxylic acids is 1. The highest BCUT2D eigenvalue weighted by molar-refractivity contribution is 6.31. The lowest BCUT2D eigenvalue weighted by Crippen LogP contribution is -2.42. The van der Waals surface area contributed by atoms with Crippen molar-refractivity contribution < 1.29 is 19.5 Å². The first-order valence-electron chi connectivity index (χ1n) is 9.19. The number of benzene rings is 3. The molecule has 0 fully saturated rings. The monoisotopic (exact) mass is 435 g/mol. The molecule has 0 bridgehead atoms. The number of hydrogen-bond donors (Lipinski definition) is 4. The van der Waals surface area contributed by atoms with Gasteiger partial charge in [-0.05, 0) is 35.9 Å². The average molecular weight is 436 g/mol. The third-order valence-electron chi connectivity index (χ3n) is 4.43. The first-order valence-corrected chi connectivity index (χ1v) is 9.57. The van der Waals surface area contributed by atoms with Crippen molar-refractivity contribution in [3.8, 4) is 0 Å². The van der Waals surface area contributed by atoms with Gasteiger partial charge < -0.3 is 15.7 Å². The molecule has 0 aromatic heterocycles. The molecule has 3 aromatic rings. The molecule has 3 rings (SSSR count). The third-order valence-corrected chi connectivity index (χ3v) is 4.66.